The van der Waals surface area contributed by atoms with Gasteiger partial charge in [0.05, 0.1) is 11.2 Å². The van der Waals surface area contributed by atoms with E-state index in [0.717, 1.165) is 22.7 Å². The highest BCUT2D eigenvalue weighted by atomic mass is 15.1. The first-order chi connectivity index (χ1) is 34.2. The van der Waals surface area contributed by atoms with E-state index in [1.54, 1.807) is 0 Å². The van der Waals surface area contributed by atoms with Crippen molar-refractivity contribution in [3.63, 3.8) is 0 Å². The first-order valence-corrected chi connectivity index (χ1v) is 24.6. The van der Waals surface area contributed by atoms with Crippen LogP contribution in [0.3, 0.4) is 0 Å². The largest absolute Gasteiger partial charge is 0.310 e. The average Bonchev–Trinajstić information content (AvgIpc) is 3.96. The zero-order valence-corrected chi connectivity index (χ0v) is 40.0. The summed E-state index contributed by atoms with van der Waals surface area (Å²) >= 11 is 0. The molecule has 13 rings (SSSR count). The van der Waals surface area contributed by atoms with Crippen LogP contribution in [0.5, 0.6) is 0 Å². The van der Waals surface area contributed by atoms with Crippen molar-refractivity contribution in [2.24, 2.45) is 0 Å². The molecule has 0 N–H and O–H groups in total. The maximum absolute atomic E-state index is 2.46. The molecule has 0 saturated carbocycles. The van der Waals surface area contributed by atoms with Crippen molar-refractivity contribution in [3.05, 3.63) is 265 Å². The van der Waals surface area contributed by atoms with E-state index in [0.29, 0.717) is 0 Å². The van der Waals surface area contributed by atoms with Crippen LogP contribution in [0.15, 0.2) is 243 Å². The molecular formula is C68H52N2. The number of hydrogen-bond acceptors (Lipinski definition) is 1. The number of fused-ring (bicyclic) bond motifs is 7. The number of aromatic nitrogens is 1. The number of hydrogen-bond donors (Lipinski definition) is 0. The molecule has 0 spiro atoms. The predicted molar refractivity (Wildman–Crippen MR) is 295 cm³/mol. The van der Waals surface area contributed by atoms with Crippen LogP contribution < -0.4 is 4.90 Å². The predicted octanol–water partition coefficient (Wildman–Crippen LogP) is 18.4. The number of para-hydroxylation sites is 1. The number of nitrogens with zero attached hydrogens (tertiary/aromatic N) is 2. The Morgan fingerprint density at radius 3 is 1.37 bits per heavy atom. The van der Waals surface area contributed by atoms with Gasteiger partial charge in [-0.1, -0.05) is 204 Å². The minimum Gasteiger partial charge on any atom is -0.310 e. The zero-order chi connectivity index (χ0) is 47.1. The van der Waals surface area contributed by atoms with Gasteiger partial charge in [0, 0.05) is 44.5 Å². The second-order valence-corrected chi connectivity index (χ2v) is 20.1. The highest BCUT2D eigenvalue weighted by Crippen LogP contribution is 2.54. The highest BCUT2D eigenvalue weighted by molar-refractivity contribution is 6.07. The summed E-state index contributed by atoms with van der Waals surface area (Å²) in [5.41, 5.74) is 25.8. The third-order valence-corrected chi connectivity index (χ3v) is 15.4. The molecule has 0 atom stereocenters. The molecule has 2 aliphatic carbocycles. The van der Waals surface area contributed by atoms with Crippen LogP contribution >= 0.6 is 0 Å². The quantitative estimate of drug-likeness (QED) is 0.148. The summed E-state index contributed by atoms with van der Waals surface area (Å²) in [7, 11) is 0. The molecule has 2 heteroatoms. The Hall–Kier alpha value is -8.46. The van der Waals surface area contributed by atoms with Gasteiger partial charge in [0.2, 0.25) is 0 Å². The minimum atomic E-state index is -0.252. The van der Waals surface area contributed by atoms with Crippen LogP contribution in [0.2, 0.25) is 0 Å². The first kappa shape index (κ1) is 41.7. The van der Waals surface area contributed by atoms with Crippen molar-refractivity contribution in [1.82, 2.24) is 4.57 Å². The Bertz CT molecular complexity index is 3790. The molecule has 0 aliphatic heterocycles. The fraction of sp³-hybridized carbons (Fsp3) is 0.0882. The minimum absolute atomic E-state index is 0.117. The van der Waals surface area contributed by atoms with E-state index in [2.05, 4.69) is 280 Å². The topological polar surface area (TPSA) is 8.17 Å². The summed E-state index contributed by atoms with van der Waals surface area (Å²) in [6, 6.07) is 89.7. The van der Waals surface area contributed by atoms with E-state index < -0.39 is 0 Å². The van der Waals surface area contributed by atoms with Gasteiger partial charge in [0.15, 0.2) is 0 Å². The molecule has 0 radical (unpaired) electrons. The number of anilines is 3. The smallest absolute Gasteiger partial charge is 0.0619 e. The second-order valence-electron chi connectivity index (χ2n) is 20.1. The molecule has 0 fully saturated rings. The van der Waals surface area contributed by atoms with Crippen LogP contribution in [0.1, 0.15) is 49.9 Å². The molecule has 0 unspecified atom stereocenters. The fourth-order valence-corrected chi connectivity index (χ4v) is 11.8. The van der Waals surface area contributed by atoms with Crippen LogP contribution in [0.4, 0.5) is 17.1 Å². The lowest BCUT2D eigenvalue weighted by Gasteiger charge is -2.30. The van der Waals surface area contributed by atoms with Crippen molar-refractivity contribution in [1.29, 1.82) is 0 Å². The molecule has 0 amide bonds. The first-order valence-electron chi connectivity index (χ1n) is 24.6. The molecule has 70 heavy (non-hydrogen) atoms. The lowest BCUT2D eigenvalue weighted by molar-refractivity contribution is 0.660. The van der Waals surface area contributed by atoms with Gasteiger partial charge >= 0.3 is 0 Å². The molecule has 1 aromatic heterocycles. The Balaban J connectivity index is 0.927. The van der Waals surface area contributed by atoms with Gasteiger partial charge in [-0.25, -0.2) is 0 Å². The van der Waals surface area contributed by atoms with Crippen molar-refractivity contribution in [2.45, 2.75) is 38.5 Å². The van der Waals surface area contributed by atoms with Gasteiger partial charge in [0.1, 0.15) is 0 Å². The van der Waals surface area contributed by atoms with E-state index in [-0.39, 0.29) is 10.8 Å². The SMILES string of the molecule is CC1(C)c2ccccc2-c2ccc(N(c3ccc(-c4ccccc4)cc3)c3ccc4c(c3)C(C)(C)c3cc(-c5ccc6c(c5)c(-c5ccccc5)c(-c5ccccc5)n6-c5ccccc5)ccc3-4)cc21. The summed E-state index contributed by atoms with van der Waals surface area (Å²) in [5, 5.41) is 1.23. The molecule has 11 aromatic rings. The van der Waals surface area contributed by atoms with E-state index >= 15 is 0 Å². The maximum atomic E-state index is 2.46. The number of rotatable bonds is 8. The summed E-state index contributed by atoms with van der Waals surface area (Å²) in [5.74, 6) is 0. The van der Waals surface area contributed by atoms with Crippen LogP contribution in [-0.4, -0.2) is 4.57 Å². The molecule has 0 saturated heterocycles. The Kier molecular flexibility index (Phi) is 9.58. The second kappa shape index (κ2) is 16.1. The Morgan fingerprint density at radius 1 is 0.314 bits per heavy atom. The molecule has 2 aliphatic rings. The van der Waals surface area contributed by atoms with Crippen LogP contribution in [0.25, 0.3) is 83.5 Å². The average molecular weight is 897 g/mol. The van der Waals surface area contributed by atoms with E-state index in [1.807, 2.05) is 0 Å². The summed E-state index contributed by atoms with van der Waals surface area (Å²) in [4.78, 5) is 2.46. The zero-order valence-electron chi connectivity index (χ0n) is 40.0. The van der Waals surface area contributed by atoms with Crippen molar-refractivity contribution in [2.75, 3.05) is 4.90 Å². The molecule has 334 valence electrons. The maximum Gasteiger partial charge on any atom is 0.0619 e. The Morgan fingerprint density at radius 2 is 0.743 bits per heavy atom. The lowest BCUT2D eigenvalue weighted by atomic mass is 9.81. The van der Waals surface area contributed by atoms with Gasteiger partial charge in [-0.2, -0.15) is 0 Å². The normalized spacial score (nSPS) is 13.7. The van der Waals surface area contributed by atoms with Crippen LogP contribution in [-0.2, 0) is 10.8 Å². The van der Waals surface area contributed by atoms with Gasteiger partial charge in [0.25, 0.3) is 0 Å². The van der Waals surface area contributed by atoms with E-state index in [1.165, 1.54) is 100 Å². The van der Waals surface area contributed by atoms with Gasteiger partial charge in [-0.05, 0) is 145 Å². The summed E-state index contributed by atoms with van der Waals surface area (Å²) in [6.45, 7) is 9.55. The van der Waals surface area contributed by atoms with Crippen molar-refractivity contribution in [3.8, 4) is 72.6 Å². The number of benzene rings is 10. The lowest BCUT2D eigenvalue weighted by Crippen LogP contribution is -2.18. The molecule has 2 nitrogen and oxygen atoms in total. The highest BCUT2D eigenvalue weighted by Gasteiger charge is 2.38. The molecule has 0 bridgehead atoms. The van der Waals surface area contributed by atoms with Crippen LogP contribution in [0, 0.1) is 0 Å². The van der Waals surface area contributed by atoms with Crippen molar-refractivity contribution >= 4 is 28.0 Å². The molecule has 1 heterocycles. The fourth-order valence-electron chi connectivity index (χ4n) is 11.8. The van der Waals surface area contributed by atoms with Gasteiger partial charge < -0.3 is 9.47 Å². The Labute approximate surface area is 411 Å². The van der Waals surface area contributed by atoms with Gasteiger partial charge in [-0.15, -0.1) is 0 Å². The third-order valence-electron chi connectivity index (χ3n) is 15.4. The van der Waals surface area contributed by atoms with Gasteiger partial charge in [-0.3, -0.25) is 0 Å². The van der Waals surface area contributed by atoms with E-state index in [4.69, 9.17) is 0 Å². The summed E-state index contributed by atoms with van der Waals surface area (Å²) < 4.78 is 2.44. The monoisotopic (exact) mass is 896 g/mol. The standard InChI is InChI=1S/C68H52N2/c1-67(2)60-28-18-17-27-55(60)57-38-35-53(43-62(57)67)69(52-33-29-46(30-34-52)45-19-9-5-10-20-45)54-36-39-58-56-37-31-50(42-61(56)68(3,4)63(58)44-54)49-32-40-64-59(41-49)65(47-21-11-6-12-22-47)66(48-23-13-7-14-24-48)70(64)51-25-15-8-16-26-51/h5-44H,1-4H3. The van der Waals surface area contributed by atoms with Crippen molar-refractivity contribution < 1.29 is 0 Å². The molecular weight excluding hydrogens is 845 g/mol. The van der Waals surface area contributed by atoms with E-state index in [9.17, 15) is 0 Å². The third kappa shape index (κ3) is 6.55. The summed E-state index contributed by atoms with van der Waals surface area (Å²) in [6.07, 6.45) is 0. The molecule has 10 aromatic carbocycles.